The third-order valence-electron chi connectivity index (χ3n) is 3.47. The van der Waals surface area contributed by atoms with Gasteiger partial charge in [0.2, 0.25) is 0 Å². The molecule has 0 aliphatic heterocycles. The Morgan fingerprint density at radius 1 is 0.792 bits per heavy atom. The number of amides is 4. The molecule has 0 unspecified atom stereocenters. The Labute approximate surface area is 156 Å². The molecule has 6 nitrogen and oxygen atoms in total. The summed E-state index contributed by atoms with van der Waals surface area (Å²) in [5, 5.41) is 5.67. The number of rotatable bonds is 6. The number of halogens is 2. The Morgan fingerprint density at radius 3 is 1.42 bits per heavy atom. The highest BCUT2D eigenvalue weighted by molar-refractivity contribution is 5.92. The minimum atomic E-state index is -0.141. The summed E-state index contributed by atoms with van der Waals surface area (Å²) in [5.41, 5.74) is 1.32. The maximum Gasteiger partial charge on any atom is 0.321 e. The normalized spacial score (nSPS) is 9.17. The molecule has 24 heavy (non-hydrogen) atoms. The molecule has 0 radical (unpaired) electrons. The van der Waals surface area contributed by atoms with Gasteiger partial charge in [0.1, 0.15) is 0 Å². The van der Waals surface area contributed by atoms with Crippen molar-refractivity contribution >= 4 is 48.3 Å². The minimum Gasteiger partial charge on any atom is -0.325 e. The van der Waals surface area contributed by atoms with Crippen molar-refractivity contribution in [2.75, 3.05) is 36.8 Å². The van der Waals surface area contributed by atoms with Crippen LogP contribution in [-0.4, -0.2) is 48.0 Å². The van der Waals surface area contributed by atoms with Gasteiger partial charge in [-0.25, -0.2) is 9.59 Å². The molecular weight excluding hydrogens is 351 g/mol. The lowest BCUT2D eigenvalue weighted by Gasteiger charge is -2.20. The summed E-state index contributed by atoms with van der Waals surface area (Å²) in [6.45, 7) is 10.4. The van der Waals surface area contributed by atoms with Crippen molar-refractivity contribution in [3.05, 3.63) is 24.3 Å². The predicted octanol–water partition coefficient (Wildman–Crippen LogP) is 4.28. The summed E-state index contributed by atoms with van der Waals surface area (Å²) >= 11 is 0. The van der Waals surface area contributed by atoms with E-state index >= 15 is 0 Å². The molecular formula is C16H28Cl2N4O2. The molecule has 1 aromatic carbocycles. The van der Waals surface area contributed by atoms with Crippen molar-refractivity contribution in [1.82, 2.24) is 9.80 Å². The fraction of sp³-hybridized carbons (Fsp3) is 0.500. The summed E-state index contributed by atoms with van der Waals surface area (Å²) in [5.74, 6) is 0. The zero-order chi connectivity index (χ0) is 16.5. The minimum absolute atomic E-state index is 0. The van der Waals surface area contributed by atoms with Gasteiger partial charge < -0.3 is 20.4 Å². The smallest absolute Gasteiger partial charge is 0.321 e. The largest absolute Gasteiger partial charge is 0.325 e. The van der Waals surface area contributed by atoms with Crippen LogP contribution < -0.4 is 10.6 Å². The predicted molar refractivity (Wildman–Crippen MR) is 105 cm³/mol. The van der Waals surface area contributed by atoms with E-state index < -0.39 is 0 Å². The van der Waals surface area contributed by atoms with E-state index in [0.717, 1.165) is 0 Å². The van der Waals surface area contributed by atoms with Gasteiger partial charge in [0.05, 0.1) is 0 Å². The van der Waals surface area contributed by atoms with Gasteiger partial charge >= 0.3 is 12.1 Å². The molecule has 1 aromatic rings. The van der Waals surface area contributed by atoms with Gasteiger partial charge in [-0.3, -0.25) is 0 Å². The van der Waals surface area contributed by atoms with Crippen LogP contribution in [0.5, 0.6) is 0 Å². The molecule has 1 rings (SSSR count). The van der Waals surface area contributed by atoms with E-state index in [1.165, 1.54) is 0 Å². The molecule has 0 aliphatic carbocycles. The second-order valence-corrected chi connectivity index (χ2v) is 4.79. The van der Waals surface area contributed by atoms with Crippen LogP contribution >= 0.6 is 24.8 Å². The monoisotopic (exact) mass is 378 g/mol. The third kappa shape index (κ3) is 7.27. The van der Waals surface area contributed by atoms with Crippen LogP contribution in [-0.2, 0) is 0 Å². The molecule has 0 bridgehead atoms. The van der Waals surface area contributed by atoms with Gasteiger partial charge in [0.25, 0.3) is 0 Å². The molecule has 0 fully saturated rings. The number of hydrogen-bond acceptors (Lipinski definition) is 2. The van der Waals surface area contributed by atoms with Crippen molar-refractivity contribution in [3.63, 3.8) is 0 Å². The summed E-state index contributed by atoms with van der Waals surface area (Å²) in [4.78, 5) is 27.4. The number of carbonyl (C=O) groups excluding carboxylic acids is 2. The summed E-state index contributed by atoms with van der Waals surface area (Å²) in [7, 11) is 0. The van der Waals surface area contributed by atoms with Crippen LogP contribution in [0.1, 0.15) is 27.7 Å². The van der Waals surface area contributed by atoms with Gasteiger partial charge in [-0.05, 0) is 45.9 Å². The highest BCUT2D eigenvalue weighted by Crippen LogP contribution is 2.16. The summed E-state index contributed by atoms with van der Waals surface area (Å²) in [6, 6.07) is 6.87. The van der Waals surface area contributed by atoms with E-state index in [0.29, 0.717) is 37.6 Å². The molecule has 0 aliphatic rings. The topological polar surface area (TPSA) is 64.7 Å². The molecule has 0 aromatic heterocycles. The molecule has 4 amide bonds. The highest BCUT2D eigenvalue weighted by atomic mass is 35.5. The first-order valence-corrected chi connectivity index (χ1v) is 7.77. The lowest BCUT2D eigenvalue weighted by molar-refractivity contribution is 0.216. The molecule has 0 saturated heterocycles. The van der Waals surface area contributed by atoms with Gasteiger partial charge in [-0.2, -0.15) is 0 Å². The fourth-order valence-corrected chi connectivity index (χ4v) is 2.10. The maximum atomic E-state index is 12.0. The molecule has 0 heterocycles. The highest BCUT2D eigenvalue weighted by Gasteiger charge is 2.11. The summed E-state index contributed by atoms with van der Waals surface area (Å²) in [6.07, 6.45) is 0. The van der Waals surface area contributed by atoms with Crippen LogP contribution in [0.3, 0.4) is 0 Å². The fourth-order valence-electron chi connectivity index (χ4n) is 2.10. The van der Waals surface area contributed by atoms with Crippen LogP contribution in [0, 0.1) is 0 Å². The van der Waals surface area contributed by atoms with Crippen molar-refractivity contribution < 1.29 is 9.59 Å². The summed E-state index contributed by atoms with van der Waals surface area (Å²) < 4.78 is 0. The molecule has 2 N–H and O–H groups in total. The van der Waals surface area contributed by atoms with Gasteiger partial charge in [0.15, 0.2) is 0 Å². The van der Waals surface area contributed by atoms with Crippen molar-refractivity contribution in [1.29, 1.82) is 0 Å². The van der Waals surface area contributed by atoms with E-state index in [-0.39, 0.29) is 36.9 Å². The van der Waals surface area contributed by atoms with E-state index in [1.54, 1.807) is 34.1 Å². The van der Waals surface area contributed by atoms with Crippen molar-refractivity contribution in [3.8, 4) is 0 Å². The van der Waals surface area contributed by atoms with E-state index in [2.05, 4.69) is 10.6 Å². The van der Waals surface area contributed by atoms with Crippen LogP contribution in [0.2, 0.25) is 0 Å². The molecule has 8 heteroatoms. The second-order valence-electron chi connectivity index (χ2n) is 4.79. The van der Waals surface area contributed by atoms with E-state index in [4.69, 9.17) is 0 Å². The van der Waals surface area contributed by atoms with E-state index in [9.17, 15) is 9.59 Å². The van der Waals surface area contributed by atoms with Gasteiger partial charge in [0, 0.05) is 37.6 Å². The Kier molecular flexibility index (Phi) is 13.0. The quantitative estimate of drug-likeness (QED) is 0.775. The lowest BCUT2D eigenvalue weighted by Crippen LogP contribution is -2.35. The number of hydrogen-bond donors (Lipinski definition) is 2. The average molecular weight is 379 g/mol. The average Bonchev–Trinajstić information content (AvgIpc) is 2.50. The zero-order valence-corrected chi connectivity index (χ0v) is 16.3. The maximum absolute atomic E-state index is 12.0. The second kappa shape index (κ2) is 12.7. The first kappa shape index (κ1) is 24.6. The van der Waals surface area contributed by atoms with Gasteiger partial charge in [-0.15, -0.1) is 24.8 Å². The number of urea groups is 2. The van der Waals surface area contributed by atoms with E-state index in [1.807, 2.05) is 27.7 Å². The molecule has 0 spiro atoms. The van der Waals surface area contributed by atoms with Crippen LogP contribution in [0.25, 0.3) is 0 Å². The molecule has 138 valence electrons. The first-order chi connectivity index (χ1) is 10.5. The third-order valence-corrected chi connectivity index (χ3v) is 3.47. The van der Waals surface area contributed by atoms with Crippen molar-refractivity contribution in [2.24, 2.45) is 0 Å². The number of nitrogens with zero attached hydrogens (tertiary/aromatic N) is 2. The molecule has 0 atom stereocenters. The number of carbonyl (C=O) groups is 2. The Hall–Kier alpha value is -1.66. The molecule has 0 saturated carbocycles. The van der Waals surface area contributed by atoms with Crippen molar-refractivity contribution in [2.45, 2.75) is 27.7 Å². The van der Waals surface area contributed by atoms with Gasteiger partial charge in [-0.1, -0.05) is 6.07 Å². The SMILES string of the molecule is CCN(CC)C(=O)Nc1cccc(NC(=O)N(CC)CC)c1.Cl.Cl. The van der Waals surface area contributed by atoms with Crippen LogP contribution in [0.15, 0.2) is 24.3 Å². The zero-order valence-electron chi connectivity index (χ0n) is 14.7. The Balaban J connectivity index is 0. The number of benzene rings is 1. The Bertz CT molecular complexity index is 465. The Morgan fingerprint density at radius 2 is 1.12 bits per heavy atom. The van der Waals surface area contributed by atoms with Crippen LogP contribution in [0.4, 0.5) is 21.0 Å². The first-order valence-electron chi connectivity index (χ1n) is 7.77. The number of anilines is 2. The standard InChI is InChI=1S/C16H26N4O2.2ClH/c1-5-19(6-2)15(21)17-13-10-9-11-14(12-13)18-16(22)20(7-3)8-4;;/h9-12H,5-8H2,1-4H3,(H,17,21)(H,18,22);2*1H. The number of nitrogens with one attached hydrogen (secondary N) is 2. The lowest BCUT2D eigenvalue weighted by atomic mass is 10.3.